The molecule has 3 rings (SSSR count). The van der Waals surface area contributed by atoms with E-state index in [2.05, 4.69) is 34.2 Å². The van der Waals surface area contributed by atoms with Crippen molar-refractivity contribution < 1.29 is 0 Å². The van der Waals surface area contributed by atoms with Gasteiger partial charge in [0.2, 0.25) is 0 Å². The van der Waals surface area contributed by atoms with Crippen LogP contribution in [-0.2, 0) is 0 Å². The minimum atomic E-state index is 1.14. The predicted molar refractivity (Wildman–Crippen MR) is 66.9 cm³/mol. The van der Waals surface area contributed by atoms with E-state index < -0.39 is 0 Å². The van der Waals surface area contributed by atoms with Crippen LogP contribution >= 0.6 is 0 Å². The fraction of sp³-hybridized carbons (Fsp3) is 0.462. The van der Waals surface area contributed by atoms with E-state index >= 15 is 0 Å². The Morgan fingerprint density at radius 1 is 1.19 bits per heavy atom. The van der Waals surface area contributed by atoms with Crippen molar-refractivity contribution in [2.45, 2.75) is 26.2 Å². The van der Waals surface area contributed by atoms with Crippen LogP contribution < -0.4 is 4.90 Å². The van der Waals surface area contributed by atoms with Gasteiger partial charge in [0.05, 0.1) is 11.7 Å². The van der Waals surface area contributed by atoms with Crippen molar-refractivity contribution in [2.75, 3.05) is 18.0 Å². The molecule has 0 unspecified atom stereocenters. The Morgan fingerprint density at radius 3 is 2.81 bits per heavy atom. The van der Waals surface area contributed by atoms with Crippen LogP contribution in [0.3, 0.4) is 0 Å². The van der Waals surface area contributed by atoms with Gasteiger partial charge in [0.25, 0.3) is 0 Å². The molecule has 0 aliphatic carbocycles. The van der Waals surface area contributed by atoms with Gasteiger partial charge in [-0.05, 0) is 43.9 Å². The second-order valence-corrected chi connectivity index (χ2v) is 4.64. The van der Waals surface area contributed by atoms with Gasteiger partial charge in [-0.2, -0.15) is 5.10 Å². The molecule has 16 heavy (non-hydrogen) atoms. The number of anilines is 1. The van der Waals surface area contributed by atoms with Gasteiger partial charge in [-0.3, -0.25) is 5.10 Å². The first-order valence-corrected chi connectivity index (χ1v) is 6.03. The zero-order chi connectivity index (χ0) is 11.0. The van der Waals surface area contributed by atoms with E-state index in [9.17, 15) is 0 Å². The van der Waals surface area contributed by atoms with Crippen LogP contribution in [0.5, 0.6) is 0 Å². The molecule has 1 saturated heterocycles. The SMILES string of the molecule is Cc1cc2cn[nH]c2cc1N1CCCCC1. The summed E-state index contributed by atoms with van der Waals surface area (Å²) in [6.07, 6.45) is 5.91. The lowest BCUT2D eigenvalue weighted by molar-refractivity contribution is 0.577. The normalized spacial score (nSPS) is 16.9. The second kappa shape index (κ2) is 3.81. The third kappa shape index (κ3) is 1.56. The molecule has 1 aliphatic rings. The van der Waals surface area contributed by atoms with Crippen molar-refractivity contribution in [3.63, 3.8) is 0 Å². The molecule has 0 spiro atoms. The number of aromatic amines is 1. The summed E-state index contributed by atoms with van der Waals surface area (Å²) in [5.41, 5.74) is 3.87. The number of benzene rings is 1. The lowest BCUT2D eigenvalue weighted by atomic mass is 10.1. The highest BCUT2D eigenvalue weighted by molar-refractivity contribution is 5.83. The minimum Gasteiger partial charge on any atom is -0.371 e. The Labute approximate surface area is 95.5 Å². The fourth-order valence-electron chi connectivity index (χ4n) is 2.57. The molecule has 3 nitrogen and oxygen atoms in total. The zero-order valence-electron chi connectivity index (χ0n) is 9.66. The molecule has 2 heterocycles. The third-order valence-electron chi connectivity index (χ3n) is 3.45. The molecule has 1 aromatic carbocycles. The molecule has 1 aromatic heterocycles. The molecule has 0 bridgehead atoms. The standard InChI is InChI=1S/C13H17N3/c1-10-7-11-9-14-15-12(11)8-13(10)16-5-3-2-4-6-16/h7-9H,2-6H2,1H3,(H,14,15). The smallest absolute Gasteiger partial charge is 0.0671 e. The summed E-state index contributed by atoms with van der Waals surface area (Å²) >= 11 is 0. The van der Waals surface area contributed by atoms with E-state index in [-0.39, 0.29) is 0 Å². The Bertz CT molecular complexity index is 495. The molecule has 0 saturated carbocycles. The minimum absolute atomic E-state index is 1.14. The monoisotopic (exact) mass is 215 g/mol. The summed E-state index contributed by atoms with van der Waals surface area (Å²) in [6, 6.07) is 4.46. The lowest BCUT2D eigenvalue weighted by Crippen LogP contribution is -2.29. The first kappa shape index (κ1) is 9.70. The van der Waals surface area contributed by atoms with Gasteiger partial charge >= 0.3 is 0 Å². The van der Waals surface area contributed by atoms with Crippen LogP contribution in [0.25, 0.3) is 10.9 Å². The van der Waals surface area contributed by atoms with E-state index in [4.69, 9.17) is 0 Å². The topological polar surface area (TPSA) is 31.9 Å². The lowest BCUT2D eigenvalue weighted by Gasteiger charge is -2.30. The average molecular weight is 215 g/mol. The number of H-pyrrole nitrogens is 1. The number of nitrogens with zero attached hydrogens (tertiary/aromatic N) is 2. The van der Waals surface area contributed by atoms with Crippen molar-refractivity contribution >= 4 is 16.6 Å². The van der Waals surface area contributed by atoms with Crippen LogP contribution in [0.15, 0.2) is 18.3 Å². The van der Waals surface area contributed by atoms with Crippen molar-refractivity contribution in [3.8, 4) is 0 Å². The van der Waals surface area contributed by atoms with Crippen molar-refractivity contribution in [3.05, 3.63) is 23.9 Å². The number of rotatable bonds is 1. The summed E-state index contributed by atoms with van der Waals surface area (Å²) in [5, 5.41) is 8.34. The van der Waals surface area contributed by atoms with Crippen LogP contribution in [0.2, 0.25) is 0 Å². The van der Waals surface area contributed by atoms with E-state index in [1.54, 1.807) is 0 Å². The molecular weight excluding hydrogens is 198 g/mol. The summed E-state index contributed by atoms with van der Waals surface area (Å²) in [5.74, 6) is 0. The molecule has 0 atom stereocenters. The highest BCUT2D eigenvalue weighted by Gasteiger charge is 2.13. The van der Waals surface area contributed by atoms with Gasteiger partial charge in [0, 0.05) is 24.2 Å². The largest absolute Gasteiger partial charge is 0.371 e. The first-order chi connectivity index (χ1) is 7.84. The Balaban J connectivity index is 2.03. The summed E-state index contributed by atoms with van der Waals surface area (Å²) in [6.45, 7) is 4.58. The third-order valence-corrected chi connectivity index (χ3v) is 3.45. The van der Waals surface area contributed by atoms with Gasteiger partial charge in [-0.1, -0.05) is 0 Å². The van der Waals surface area contributed by atoms with Gasteiger partial charge in [0.15, 0.2) is 0 Å². The summed E-state index contributed by atoms with van der Waals surface area (Å²) < 4.78 is 0. The summed E-state index contributed by atoms with van der Waals surface area (Å²) in [4.78, 5) is 2.50. The number of aromatic nitrogens is 2. The fourth-order valence-corrected chi connectivity index (χ4v) is 2.57. The van der Waals surface area contributed by atoms with Crippen molar-refractivity contribution in [1.29, 1.82) is 0 Å². The van der Waals surface area contributed by atoms with Crippen LogP contribution in [0.4, 0.5) is 5.69 Å². The Morgan fingerprint density at radius 2 is 2.00 bits per heavy atom. The number of hydrogen-bond donors (Lipinski definition) is 1. The van der Waals surface area contributed by atoms with Crippen LogP contribution in [0, 0.1) is 6.92 Å². The molecule has 1 aliphatic heterocycles. The molecule has 0 amide bonds. The molecule has 2 aromatic rings. The van der Waals surface area contributed by atoms with Gasteiger partial charge in [-0.25, -0.2) is 0 Å². The number of hydrogen-bond acceptors (Lipinski definition) is 2. The maximum absolute atomic E-state index is 4.09. The molecule has 84 valence electrons. The van der Waals surface area contributed by atoms with E-state index in [1.165, 1.54) is 49.0 Å². The van der Waals surface area contributed by atoms with Gasteiger partial charge in [-0.15, -0.1) is 0 Å². The maximum Gasteiger partial charge on any atom is 0.0671 e. The van der Waals surface area contributed by atoms with Crippen LogP contribution in [0.1, 0.15) is 24.8 Å². The number of aryl methyl sites for hydroxylation is 1. The molecule has 1 N–H and O–H groups in total. The summed E-state index contributed by atoms with van der Waals surface area (Å²) in [7, 11) is 0. The zero-order valence-corrected chi connectivity index (χ0v) is 9.66. The van der Waals surface area contributed by atoms with E-state index in [0.29, 0.717) is 0 Å². The maximum atomic E-state index is 4.09. The molecular formula is C13H17N3. The average Bonchev–Trinajstić information content (AvgIpc) is 2.76. The first-order valence-electron chi connectivity index (χ1n) is 6.03. The van der Waals surface area contributed by atoms with Gasteiger partial charge in [0.1, 0.15) is 0 Å². The van der Waals surface area contributed by atoms with Crippen molar-refractivity contribution in [2.24, 2.45) is 0 Å². The van der Waals surface area contributed by atoms with Crippen LogP contribution in [-0.4, -0.2) is 23.3 Å². The van der Waals surface area contributed by atoms with E-state index in [1.807, 2.05) is 6.20 Å². The number of fused-ring (bicyclic) bond motifs is 1. The quantitative estimate of drug-likeness (QED) is 0.793. The molecule has 1 fully saturated rings. The molecule has 3 heteroatoms. The number of nitrogens with one attached hydrogen (secondary N) is 1. The van der Waals surface area contributed by atoms with Gasteiger partial charge < -0.3 is 4.90 Å². The predicted octanol–water partition coefficient (Wildman–Crippen LogP) is 2.86. The Hall–Kier alpha value is -1.51. The van der Waals surface area contributed by atoms with E-state index in [0.717, 1.165) is 5.52 Å². The second-order valence-electron chi connectivity index (χ2n) is 4.64. The molecule has 0 radical (unpaired) electrons. The number of piperidine rings is 1. The van der Waals surface area contributed by atoms with Crippen molar-refractivity contribution in [1.82, 2.24) is 10.2 Å². The Kier molecular flexibility index (Phi) is 2.31. The highest BCUT2D eigenvalue weighted by Crippen LogP contribution is 2.27. The highest BCUT2D eigenvalue weighted by atomic mass is 15.1.